The molecule has 2 rings (SSSR count). The van der Waals surface area contributed by atoms with Gasteiger partial charge >= 0.3 is 36.9 Å². The Bertz CT molecular complexity index is 532. The summed E-state index contributed by atoms with van der Waals surface area (Å²) in [6.45, 7) is 29.2. The van der Waals surface area contributed by atoms with E-state index in [1.807, 2.05) is 0 Å². The summed E-state index contributed by atoms with van der Waals surface area (Å²) in [5.74, 6) is 0. The van der Waals surface area contributed by atoms with Crippen LogP contribution in [-0.2, 0) is 0 Å². The Morgan fingerprint density at radius 1 is 0.556 bits per heavy atom. The zero-order chi connectivity index (χ0) is 20.6. The molecule has 0 spiro atoms. The molecule has 2 aliphatic carbocycles. The molecule has 0 saturated carbocycles. The molecule has 0 aromatic heterocycles. The molecule has 0 fully saturated rings. The van der Waals surface area contributed by atoms with Gasteiger partial charge in [-0.1, -0.05) is 78.6 Å². The predicted octanol–water partition coefficient (Wildman–Crippen LogP) is 7.71. The zero-order valence-corrected chi connectivity index (χ0v) is 25.5. The van der Waals surface area contributed by atoms with Gasteiger partial charge in [0.2, 0.25) is 0 Å². The quantitative estimate of drug-likeness (QED) is 0.231. The summed E-state index contributed by atoms with van der Waals surface area (Å²) in [7, 11) is -4.45. The van der Waals surface area contributed by atoms with Crippen LogP contribution in [0.1, 0.15) is 14.3 Å². The minimum atomic E-state index is -1.13. The molecule has 0 radical (unpaired) electrons. The Morgan fingerprint density at radius 3 is 0.963 bits per heavy atom. The smallest absolute Gasteiger partial charge is 1.00 e. The van der Waals surface area contributed by atoms with Crippen LogP contribution in [0.2, 0.25) is 78.6 Å². The number of hydrogen-bond donors (Lipinski definition) is 0. The molecule has 0 atom stereocenters. The van der Waals surface area contributed by atoms with Gasteiger partial charge in [0.15, 0.2) is 0 Å². The van der Waals surface area contributed by atoms with Gasteiger partial charge in [0.25, 0.3) is 0 Å². The monoisotopic (exact) mass is 594 g/mol. The molecule has 0 N–H and O–H groups in total. The molecule has 0 bridgehead atoms. The van der Waals surface area contributed by atoms with E-state index in [0.29, 0.717) is 0 Å². The Morgan fingerprint density at radius 2 is 0.815 bits per heavy atom. The van der Waals surface area contributed by atoms with E-state index in [4.69, 9.17) is 0 Å². The van der Waals surface area contributed by atoms with Gasteiger partial charge in [-0.05, 0) is 16.1 Å². The molecular weight excluding hydrogens is 552 g/mol. The molecule has 2 aliphatic rings. The van der Waals surface area contributed by atoms with Gasteiger partial charge in [0.1, 0.15) is 0 Å². The summed E-state index contributed by atoms with van der Waals surface area (Å²) >= 11 is 0. The van der Waals surface area contributed by atoms with Crippen LogP contribution in [0.5, 0.6) is 0 Å². The van der Waals surface area contributed by atoms with E-state index < -0.39 is 32.3 Å². The molecule has 0 saturated heterocycles. The van der Waals surface area contributed by atoms with E-state index in [0.717, 1.165) is 12.8 Å². The Labute approximate surface area is 205 Å². The van der Waals surface area contributed by atoms with Gasteiger partial charge in [-0.25, -0.2) is 20.8 Å². The van der Waals surface area contributed by atoms with E-state index in [1.165, 1.54) is 0 Å². The molecule has 0 unspecified atom stereocenters. The van der Waals surface area contributed by atoms with Crippen LogP contribution in [-0.4, -0.2) is 32.3 Å². The van der Waals surface area contributed by atoms with Crippen molar-refractivity contribution in [3.05, 3.63) is 45.1 Å². The van der Waals surface area contributed by atoms with Crippen molar-refractivity contribution in [3.8, 4) is 0 Å². The number of hydrogen-bond acceptors (Lipinski definition) is 0. The van der Waals surface area contributed by atoms with Crippen LogP contribution in [0.3, 0.4) is 0 Å². The first kappa shape index (κ1) is 28.1. The van der Waals surface area contributed by atoms with Crippen LogP contribution in [0.25, 0.3) is 0 Å². The average Bonchev–Trinajstić information content (AvgIpc) is 3.06. The maximum atomic E-state index is 3.57. The third-order valence-electron chi connectivity index (χ3n) is 4.82. The van der Waals surface area contributed by atoms with Gasteiger partial charge in [0.05, 0.1) is 0 Å². The third kappa shape index (κ3) is 8.37. The molecule has 162 valence electrons. The second kappa shape index (κ2) is 9.91. The molecule has 5 heteroatoms. The van der Waals surface area contributed by atoms with Gasteiger partial charge in [-0.15, -0.1) is 12.8 Å². The maximum Gasteiger partial charge on any atom is 3.00 e. The van der Waals surface area contributed by atoms with E-state index in [-0.39, 0.29) is 38.3 Å². The van der Waals surface area contributed by atoms with Crippen molar-refractivity contribution in [2.75, 3.05) is 0 Å². The van der Waals surface area contributed by atoms with Crippen molar-refractivity contribution in [2.24, 2.45) is 0 Å². The van der Waals surface area contributed by atoms with Crippen molar-refractivity contribution in [3.63, 3.8) is 0 Å². The van der Waals surface area contributed by atoms with Crippen molar-refractivity contribution >= 4 is 32.3 Å². The van der Waals surface area contributed by atoms with Crippen molar-refractivity contribution < 1.29 is 38.3 Å². The zero-order valence-electron chi connectivity index (χ0n) is 20.8. The van der Waals surface area contributed by atoms with Gasteiger partial charge in [-0.2, -0.15) is 12.2 Å². The standard InChI is InChI=1S/2C11H21Si2.Lu.H/c2*1-12(2,3)10-8-7-9-11(10)13(4,5)6;;/h2*8H,7H2,1-6H3;;/q2*-1;+3;-1. The van der Waals surface area contributed by atoms with Gasteiger partial charge in [-0.3, -0.25) is 12.2 Å². The minimum absolute atomic E-state index is 0. The molecule has 0 aromatic carbocycles. The van der Waals surface area contributed by atoms with E-state index in [2.05, 4.69) is 103 Å². The van der Waals surface area contributed by atoms with E-state index in [1.54, 1.807) is 20.8 Å². The van der Waals surface area contributed by atoms with Gasteiger partial charge < -0.3 is 1.43 Å². The van der Waals surface area contributed by atoms with E-state index >= 15 is 0 Å². The first-order valence-electron chi connectivity index (χ1n) is 10.1. The summed E-state index contributed by atoms with van der Waals surface area (Å²) in [6, 6.07) is 0. The first-order valence-corrected chi connectivity index (χ1v) is 24.1. The topological polar surface area (TPSA) is 0 Å². The fourth-order valence-electron chi connectivity index (χ4n) is 3.61. The maximum absolute atomic E-state index is 3.57. The van der Waals surface area contributed by atoms with Crippen LogP contribution < -0.4 is 0 Å². The molecule has 0 heterocycles. The molecule has 0 amide bonds. The fraction of sp³-hybridized carbons (Fsp3) is 0.636. The summed E-state index contributed by atoms with van der Waals surface area (Å²) < 4.78 is 0. The van der Waals surface area contributed by atoms with Crippen molar-refractivity contribution in [1.29, 1.82) is 0 Å². The largest absolute Gasteiger partial charge is 3.00 e. The molecule has 0 nitrogen and oxygen atoms in total. The third-order valence-corrected chi connectivity index (χ3v) is 13.4. The summed E-state index contributed by atoms with van der Waals surface area (Å²) in [4.78, 5) is 0. The summed E-state index contributed by atoms with van der Waals surface area (Å²) in [5, 5.41) is 6.61. The minimum Gasteiger partial charge on any atom is -1.00 e. The molecular formula is C22H43LuSi4. The van der Waals surface area contributed by atoms with Crippen molar-refractivity contribution in [1.82, 2.24) is 0 Å². The van der Waals surface area contributed by atoms with Crippen LogP contribution >= 0.6 is 0 Å². The van der Waals surface area contributed by atoms with Crippen LogP contribution in [0.4, 0.5) is 0 Å². The van der Waals surface area contributed by atoms with Crippen LogP contribution in [0.15, 0.2) is 32.9 Å². The second-order valence-corrected chi connectivity index (χ2v) is 31.8. The van der Waals surface area contributed by atoms with Crippen molar-refractivity contribution in [2.45, 2.75) is 91.4 Å². The van der Waals surface area contributed by atoms with Crippen LogP contribution in [0, 0.1) is 49.0 Å². The normalized spacial score (nSPS) is 17.9. The SMILES string of the molecule is C[Si](C)(C)C1=[C-]CC=C1[Si](C)(C)C.C[Si](C)(C)C1=[C-]CC=C1[Si](C)(C)C.[H-].[Lu+3]. The second-order valence-electron chi connectivity index (χ2n) is 11.7. The Kier molecular flexibility index (Phi) is 10.3. The Hall–Kier alpha value is 1.06. The molecule has 27 heavy (non-hydrogen) atoms. The summed E-state index contributed by atoms with van der Waals surface area (Å²) in [6.07, 6.45) is 14.1. The molecule has 0 aromatic rings. The number of rotatable bonds is 4. The first-order chi connectivity index (χ1) is 11.5. The Balaban J connectivity index is 0. The predicted molar refractivity (Wildman–Crippen MR) is 133 cm³/mol. The number of allylic oxidation sites excluding steroid dienone is 8. The summed E-state index contributed by atoms with van der Waals surface area (Å²) in [5.41, 5.74) is 0. The van der Waals surface area contributed by atoms with E-state index in [9.17, 15) is 0 Å². The fourth-order valence-corrected chi connectivity index (χ4v) is 14.3. The van der Waals surface area contributed by atoms with Gasteiger partial charge in [0, 0.05) is 16.1 Å². The average molecular weight is 595 g/mol. The molecule has 0 aliphatic heterocycles.